The molecule has 3 nitrogen and oxygen atoms in total. The molecule has 0 heterocycles. The molecule has 0 fully saturated rings. The summed E-state index contributed by atoms with van der Waals surface area (Å²) in [6.45, 7) is 0. The van der Waals surface area contributed by atoms with Crippen molar-refractivity contribution in [3.8, 4) is 0 Å². The Labute approximate surface area is 102 Å². The van der Waals surface area contributed by atoms with Crippen molar-refractivity contribution in [2.24, 2.45) is 0 Å². The van der Waals surface area contributed by atoms with Crippen LogP contribution in [-0.4, -0.2) is 13.0 Å². The summed E-state index contributed by atoms with van der Waals surface area (Å²) in [5.74, 6) is 0. The molecule has 2 rings (SSSR count). The van der Waals surface area contributed by atoms with Crippen LogP contribution in [0.1, 0.15) is 0 Å². The molecule has 0 amide bonds. The largest absolute Gasteiger partial charge is 0.294 e. The monoisotopic (exact) mass is 266 g/mol. The lowest BCUT2D eigenvalue weighted by Crippen LogP contribution is -2.04. The van der Waals surface area contributed by atoms with Gasteiger partial charge in [-0.05, 0) is 22.7 Å². The minimum absolute atomic E-state index is 0.0703. The lowest BCUT2D eigenvalue weighted by atomic mass is 10.4. The smallest absolute Gasteiger partial charge is 0.282 e. The topological polar surface area (TPSA) is 54.4 Å². The van der Waals surface area contributed by atoms with Crippen molar-refractivity contribution < 1.29 is 13.0 Å². The van der Waals surface area contributed by atoms with Crippen molar-refractivity contribution in [2.45, 2.75) is 4.90 Å². The van der Waals surface area contributed by atoms with Crippen LogP contribution in [0.2, 0.25) is 0 Å². The van der Waals surface area contributed by atoms with E-state index in [1.807, 2.05) is 30.3 Å². The highest BCUT2D eigenvalue weighted by molar-refractivity contribution is 7.85. The van der Waals surface area contributed by atoms with Crippen LogP contribution < -0.4 is 10.6 Å². The van der Waals surface area contributed by atoms with Crippen LogP contribution in [0.25, 0.3) is 0 Å². The predicted octanol–water partition coefficient (Wildman–Crippen LogP) is 1.56. The fraction of sp³-hybridized carbons (Fsp3) is 0. The maximum absolute atomic E-state index is 10.9. The quantitative estimate of drug-likeness (QED) is 0.677. The molecule has 1 unspecified atom stereocenters. The summed E-state index contributed by atoms with van der Waals surface area (Å²) in [5, 5.41) is 2.22. The average molecular weight is 266 g/mol. The molecule has 88 valence electrons. The second-order valence-electron chi connectivity index (χ2n) is 3.49. The van der Waals surface area contributed by atoms with Gasteiger partial charge in [0.05, 0.1) is 4.90 Å². The first-order valence-electron chi connectivity index (χ1n) is 4.95. The van der Waals surface area contributed by atoms with Gasteiger partial charge in [0, 0.05) is 0 Å². The van der Waals surface area contributed by atoms with Crippen LogP contribution >= 0.6 is 8.58 Å². The van der Waals surface area contributed by atoms with E-state index in [1.165, 1.54) is 17.4 Å². The van der Waals surface area contributed by atoms with Crippen molar-refractivity contribution >= 4 is 29.3 Å². The highest BCUT2D eigenvalue weighted by Crippen LogP contribution is 2.13. The van der Waals surface area contributed by atoms with Gasteiger partial charge in [-0.3, -0.25) is 4.55 Å². The van der Waals surface area contributed by atoms with Gasteiger partial charge < -0.3 is 0 Å². The average Bonchev–Trinajstić information content (AvgIpc) is 2.30. The number of benzene rings is 2. The lowest BCUT2D eigenvalue weighted by Gasteiger charge is -2.02. The van der Waals surface area contributed by atoms with Gasteiger partial charge in [0.15, 0.2) is 0 Å². The van der Waals surface area contributed by atoms with Gasteiger partial charge in [0.1, 0.15) is 0 Å². The van der Waals surface area contributed by atoms with Crippen LogP contribution in [0.5, 0.6) is 0 Å². The highest BCUT2D eigenvalue weighted by atomic mass is 32.2. The zero-order valence-corrected chi connectivity index (χ0v) is 10.7. The Kier molecular flexibility index (Phi) is 3.57. The van der Waals surface area contributed by atoms with E-state index in [0.717, 1.165) is 5.30 Å². The van der Waals surface area contributed by atoms with Crippen molar-refractivity contribution in [1.29, 1.82) is 0 Å². The van der Waals surface area contributed by atoms with E-state index in [-0.39, 0.29) is 4.90 Å². The Morgan fingerprint density at radius 2 is 1.35 bits per heavy atom. The van der Waals surface area contributed by atoms with E-state index in [0.29, 0.717) is 8.58 Å². The van der Waals surface area contributed by atoms with Crippen LogP contribution in [0.15, 0.2) is 59.5 Å². The van der Waals surface area contributed by atoms with E-state index in [2.05, 4.69) is 0 Å². The SMILES string of the molecule is O=S(=O)(O)c1ccc(Pc2ccccc2)cc1. The zero-order chi connectivity index (χ0) is 12.3. The fourth-order valence-electron chi connectivity index (χ4n) is 1.40. The van der Waals surface area contributed by atoms with Gasteiger partial charge in [0.25, 0.3) is 10.1 Å². The molecular formula is C12H11O3PS. The molecule has 0 aromatic heterocycles. The summed E-state index contributed by atoms with van der Waals surface area (Å²) in [4.78, 5) is -0.0703. The van der Waals surface area contributed by atoms with Crippen molar-refractivity contribution in [2.75, 3.05) is 0 Å². The number of hydrogen-bond donors (Lipinski definition) is 1. The third-order valence-corrected chi connectivity index (χ3v) is 4.33. The summed E-state index contributed by atoms with van der Waals surface area (Å²) in [6, 6.07) is 16.2. The molecule has 1 N–H and O–H groups in total. The van der Waals surface area contributed by atoms with E-state index in [1.54, 1.807) is 12.1 Å². The molecule has 0 bridgehead atoms. The van der Waals surface area contributed by atoms with E-state index < -0.39 is 10.1 Å². The molecule has 0 aliphatic carbocycles. The summed E-state index contributed by atoms with van der Waals surface area (Å²) >= 11 is 0. The molecule has 2 aromatic carbocycles. The molecule has 0 saturated heterocycles. The van der Waals surface area contributed by atoms with Gasteiger partial charge in [-0.25, -0.2) is 0 Å². The first-order chi connectivity index (χ1) is 8.05. The lowest BCUT2D eigenvalue weighted by molar-refractivity contribution is 0.483. The minimum Gasteiger partial charge on any atom is -0.282 e. The third-order valence-electron chi connectivity index (χ3n) is 2.21. The zero-order valence-electron chi connectivity index (χ0n) is 8.87. The summed E-state index contributed by atoms with van der Waals surface area (Å²) in [6.07, 6.45) is 0. The molecule has 0 radical (unpaired) electrons. The van der Waals surface area contributed by atoms with Crippen LogP contribution in [0, 0.1) is 0 Å². The van der Waals surface area contributed by atoms with Gasteiger partial charge in [-0.2, -0.15) is 8.42 Å². The van der Waals surface area contributed by atoms with Crippen molar-refractivity contribution in [3.63, 3.8) is 0 Å². The number of hydrogen-bond acceptors (Lipinski definition) is 2. The highest BCUT2D eigenvalue weighted by Gasteiger charge is 2.08. The molecule has 1 atom stereocenters. The third kappa shape index (κ3) is 3.37. The van der Waals surface area contributed by atoms with E-state index in [9.17, 15) is 8.42 Å². The molecule has 17 heavy (non-hydrogen) atoms. The van der Waals surface area contributed by atoms with Crippen LogP contribution in [0.4, 0.5) is 0 Å². The second kappa shape index (κ2) is 4.96. The Hall–Kier alpha value is -1.22. The summed E-state index contributed by atoms with van der Waals surface area (Å²) in [5.41, 5.74) is 0. The maximum Gasteiger partial charge on any atom is 0.294 e. The first kappa shape index (κ1) is 12.2. The van der Waals surface area contributed by atoms with Gasteiger partial charge in [0.2, 0.25) is 0 Å². The van der Waals surface area contributed by atoms with E-state index in [4.69, 9.17) is 4.55 Å². The van der Waals surface area contributed by atoms with Crippen molar-refractivity contribution in [3.05, 3.63) is 54.6 Å². The van der Waals surface area contributed by atoms with Gasteiger partial charge in [-0.15, -0.1) is 0 Å². The van der Waals surface area contributed by atoms with Gasteiger partial charge in [-0.1, -0.05) is 51.0 Å². The summed E-state index contributed by atoms with van der Waals surface area (Å²) < 4.78 is 30.6. The molecular weight excluding hydrogens is 255 g/mol. The minimum atomic E-state index is -4.09. The molecule has 5 heteroatoms. The predicted molar refractivity (Wildman–Crippen MR) is 70.3 cm³/mol. The molecule has 0 aliphatic rings. The van der Waals surface area contributed by atoms with Crippen LogP contribution in [-0.2, 0) is 10.1 Å². The maximum atomic E-state index is 10.9. The molecule has 0 spiro atoms. The van der Waals surface area contributed by atoms with E-state index >= 15 is 0 Å². The normalized spacial score (nSPS) is 12.1. The molecule has 0 saturated carbocycles. The Balaban J connectivity index is 2.20. The number of rotatable bonds is 3. The first-order valence-corrected chi connectivity index (χ1v) is 7.39. The molecule has 2 aromatic rings. The Morgan fingerprint density at radius 3 is 1.88 bits per heavy atom. The summed E-state index contributed by atoms with van der Waals surface area (Å²) in [7, 11) is -3.61. The second-order valence-corrected chi connectivity index (χ2v) is 6.32. The van der Waals surface area contributed by atoms with Gasteiger partial charge >= 0.3 is 0 Å². The fourth-order valence-corrected chi connectivity index (χ4v) is 2.90. The molecule has 0 aliphatic heterocycles. The van der Waals surface area contributed by atoms with Crippen molar-refractivity contribution in [1.82, 2.24) is 0 Å². The standard InChI is InChI=1S/C12H11O3PS/c13-17(14,15)12-8-6-11(7-9-12)16-10-4-2-1-3-5-10/h1-9,16H,(H,13,14,15). The van der Waals surface area contributed by atoms with Crippen LogP contribution in [0.3, 0.4) is 0 Å². The Bertz CT molecular complexity index is 591. The Morgan fingerprint density at radius 1 is 0.824 bits per heavy atom.